The SMILES string of the molecule is CNCCc1cc(Cl)c(C)cc1OC(C)C. The highest BCUT2D eigenvalue weighted by Crippen LogP contribution is 2.27. The average molecular weight is 242 g/mol. The third-order valence-corrected chi connectivity index (χ3v) is 2.76. The van der Waals surface area contributed by atoms with Crippen LogP contribution in [0.4, 0.5) is 0 Å². The van der Waals surface area contributed by atoms with Crippen LogP contribution in [0.15, 0.2) is 12.1 Å². The van der Waals surface area contributed by atoms with Crippen molar-refractivity contribution in [3.63, 3.8) is 0 Å². The number of hydrogen-bond acceptors (Lipinski definition) is 2. The van der Waals surface area contributed by atoms with Gasteiger partial charge in [0.05, 0.1) is 6.10 Å². The Balaban J connectivity index is 2.96. The minimum absolute atomic E-state index is 0.189. The standard InChI is InChI=1S/C13H20ClNO/c1-9(2)16-13-7-10(3)12(14)8-11(13)5-6-15-4/h7-9,15H,5-6H2,1-4H3. The van der Waals surface area contributed by atoms with E-state index in [1.807, 2.05) is 40.0 Å². The van der Waals surface area contributed by atoms with E-state index in [1.165, 1.54) is 5.56 Å². The molecular weight excluding hydrogens is 222 g/mol. The first-order valence-corrected chi connectivity index (χ1v) is 6.02. The zero-order valence-corrected chi connectivity index (χ0v) is 11.2. The van der Waals surface area contributed by atoms with Crippen LogP contribution in [-0.2, 0) is 6.42 Å². The van der Waals surface area contributed by atoms with E-state index in [9.17, 15) is 0 Å². The van der Waals surface area contributed by atoms with Crippen molar-refractivity contribution in [2.24, 2.45) is 0 Å². The van der Waals surface area contributed by atoms with Crippen LogP contribution in [0, 0.1) is 6.92 Å². The molecule has 0 heterocycles. The van der Waals surface area contributed by atoms with E-state index in [0.29, 0.717) is 0 Å². The van der Waals surface area contributed by atoms with E-state index >= 15 is 0 Å². The lowest BCUT2D eigenvalue weighted by Gasteiger charge is -2.16. The molecule has 90 valence electrons. The maximum atomic E-state index is 6.13. The van der Waals surface area contributed by atoms with E-state index in [0.717, 1.165) is 29.3 Å². The maximum absolute atomic E-state index is 6.13. The van der Waals surface area contributed by atoms with Gasteiger partial charge in [0, 0.05) is 5.02 Å². The summed E-state index contributed by atoms with van der Waals surface area (Å²) in [6, 6.07) is 4.03. The molecule has 1 aromatic carbocycles. The molecule has 0 aliphatic heterocycles. The van der Waals surface area contributed by atoms with Crippen molar-refractivity contribution in [2.75, 3.05) is 13.6 Å². The molecule has 0 atom stereocenters. The van der Waals surface area contributed by atoms with Gasteiger partial charge in [-0.05, 0) is 64.0 Å². The molecule has 0 radical (unpaired) electrons. The first-order chi connectivity index (χ1) is 7.54. The zero-order chi connectivity index (χ0) is 12.1. The monoisotopic (exact) mass is 241 g/mol. The highest BCUT2D eigenvalue weighted by molar-refractivity contribution is 6.31. The van der Waals surface area contributed by atoms with E-state index in [1.54, 1.807) is 0 Å². The Bertz CT molecular complexity index is 350. The average Bonchev–Trinajstić information content (AvgIpc) is 2.20. The van der Waals surface area contributed by atoms with Crippen molar-refractivity contribution in [2.45, 2.75) is 33.3 Å². The largest absolute Gasteiger partial charge is 0.491 e. The molecule has 2 nitrogen and oxygen atoms in total. The summed E-state index contributed by atoms with van der Waals surface area (Å²) < 4.78 is 5.79. The summed E-state index contributed by atoms with van der Waals surface area (Å²) in [7, 11) is 1.94. The van der Waals surface area contributed by atoms with Crippen LogP contribution in [0.5, 0.6) is 5.75 Å². The summed E-state index contributed by atoms with van der Waals surface area (Å²) in [5, 5.41) is 3.94. The van der Waals surface area contributed by atoms with E-state index in [2.05, 4.69) is 5.32 Å². The summed E-state index contributed by atoms with van der Waals surface area (Å²) in [4.78, 5) is 0. The summed E-state index contributed by atoms with van der Waals surface area (Å²) in [6.07, 6.45) is 1.12. The Morgan fingerprint density at radius 1 is 1.38 bits per heavy atom. The van der Waals surface area contributed by atoms with Gasteiger partial charge in [-0.1, -0.05) is 11.6 Å². The first-order valence-electron chi connectivity index (χ1n) is 5.65. The maximum Gasteiger partial charge on any atom is 0.123 e. The molecule has 1 N–H and O–H groups in total. The number of likely N-dealkylation sites (N-methyl/N-ethyl adjacent to an activating group) is 1. The number of hydrogen-bond donors (Lipinski definition) is 1. The third-order valence-electron chi connectivity index (χ3n) is 2.35. The van der Waals surface area contributed by atoms with Crippen LogP contribution in [-0.4, -0.2) is 19.7 Å². The molecule has 1 rings (SSSR count). The topological polar surface area (TPSA) is 21.3 Å². The molecule has 0 aliphatic carbocycles. The Morgan fingerprint density at radius 3 is 2.62 bits per heavy atom. The first kappa shape index (κ1) is 13.3. The second kappa shape index (κ2) is 6.12. The molecule has 0 fully saturated rings. The Kier molecular flexibility index (Phi) is 5.10. The molecule has 0 unspecified atom stereocenters. The van der Waals surface area contributed by atoms with Crippen LogP contribution >= 0.6 is 11.6 Å². The summed E-state index contributed by atoms with van der Waals surface area (Å²) in [6.45, 7) is 6.99. The number of halogens is 1. The molecule has 0 bridgehead atoms. The van der Waals surface area contributed by atoms with E-state index in [4.69, 9.17) is 16.3 Å². The van der Waals surface area contributed by atoms with Gasteiger partial charge in [0.2, 0.25) is 0 Å². The van der Waals surface area contributed by atoms with Gasteiger partial charge in [-0.3, -0.25) is 0 Å². The smallest absolute Gasteiger partial charge is 0.123 e. The predicted octanol–water partition coefficient (Wildman–Crippen LogP) is 3.20. The predicted molar refractivity (Wildman–Crippen MR) is 69.6 cm³/mol. The van der Waals surface area contributed by atoms with Gasteiger partial charge in [0.25, 0.3) is 0 Å². The molecule has 3 heteroatoms. The molecule has 0 saturated heterocycles. The van der Waals surface area contributed by atoms with Gasteiger partial charge in [-0.2, -0.15) is 0 Å². The Hall–Kier alpha value is -0.730. The second-order valence-electron chi connectivity index (χ2n) is 4.23. The number of aryl methyl sites for hydroxylation is 1. The summed E-state index contributed by atoms with van der Waals surface area (Å²) >= 11 is 6.13. The molecule has 0 aliphatic rings. The minimum Gasteiger partial charge on any atom is -0.491 e. The third kappa shape index (κ3) is 3.69. The van der Waals surface area contributed by atoms with Crippen molar-refractivity contribution < 1.29 is 4.74 Å². The van der Waals surface area contributed by atoms with Gasteiger partial charge in [-0.25, -0.2) is 0 Å². The van der Waals surface area contributed by atoms with Gasteiger partial charge >= 0.3 is 0 Å². The quantitative estimate of drug-likeness (QED) is 0.855. The fourth-order valence-electron chi connectivity index (χ4n) is 1.51. The zero-order valence-electron chi connectivity index (χ0n) is 10.4. The number of rotatable bonds is 5. The normalized spacial score (nSPS) is 10.9. The van der Waals surface area contributed by atoms with Crippen molar-refractivity contribution in [1.82, 2.24) is 5.32 Å². The Morgan fingerprint density at radius 2 is 2.06 bits per heavy atom. The van der Waals surface area contributed by atoms with Crippen molar-refractivity contribution in [3.8, 4) is 5.75 Å². The highest BCUT2D eigenvalue weighted by atomic mass is 35.5. The van der Waals surface area contributed by atoms with Crippen LogP contribution < -0.4 is 10.1 Å². The van der Waals surface area contributed by atoms with Crippen molar-refractivity contribution in [3.05, 3.63) is 28.3 Å². The number of nitrogens with one attached hydrogen (secondary N) is 1. The fourth-order valence-corrected chi connectivity index (χ4v) is 1.70. The molecule has 0 saturated carbocycles. The van der Waals surface area contributed by atoms with E-state index < -0.39 is 0 Å². The lowest BCUT2D eigenvalue weighted by Crippen LogP contribution is -2.13. The van der Waals surface area contributed by atoms with Crippen molar-refractivity contribution in [1.29, 1.82) is 0 Å². The molecule has 0 aromatic heterocycles. The molecule has 0 spiro atoms. The lowest BCUT2D eigenvalue weighted by atomic mass is 10.1. The fraction of sp³-hybridized carbons (Fsp3) is 0.538. The molecular formula is C13H20ClNO. The minimum atomic E-state index is 0.189. The van der Waals surface area contributed by atoms with Gasteiger partial charge in [-0.15, -0.1) is 0 Å². The van der Waals surface area contributed by atoms with Gasteiger partial charge < -0.3 is 10.1 Å². The van der Waals surface area contributed by atoms with Crippen LogP contribution in [0.1, 0.15) is 25.0 Å². The lowest BCUT2D eigenvalue weighted by molar-refractivity contribution is 0.240. The molecule has 0 amide bonds. The Labute approximate surface area is 103 Å². The molecule has 16 heavy (non-hydrogen) atoms. The van der Waals surface area contributed by atoms with Gasteiger partial charge in [0.1, 0.15) is 5.75 Å². The van der Waals surface area contributed by atoms with Crippen LogP contribution in [0.2, 0.25) is 5.02 Å². The second-order valence-corrected chi connectivity index (χ2v) is 4.64. The number of benzene rings is 1. The van der Waals surface area contributed by atoms with E-state index in [-0.39, 0.29) is 6.10 Å². The van der Waals surface area contributed by atoms with Crippen LogP contribution in [0.25, 0.3) is 0 Å². The van der Waals surface area contributed by atoms with Gasteiger partial charge in [0.15, 0.2) is 0 Å². The van der Waals surface area contributed by atoms with Crippen molar-refractivity contribution >= 4 is 11.6 Å². The highest BCUT2D eigenvalue weighted by Gasteiger charge is 2.08. The van der Waals surface area contributed by atoms with Crippen LogP contribution in [0.3, 0.4) is 0 Å². The number of ether oxygens (including phenoxy) is 1. The summed E-state index contributed by atoms with van der Waals surface area (Å²) in [5.74, 6) is 0.951. The molecule has 1 aromatic rings. The summed E-state index contributed by atoms with van der Waals surface area (Å²) in [5.41, 5.74) is 2.23.